The third kappa shape index (κ3) is 4.62. The van der Waals surface area contributed by atoms with E-state index in [1.807, 2.05) is 0 Å². The molecule has 1 aliphatic heterocycles. The summed E-state index contributed by atoms with van der Waals surface area (Å²) in [5, 5.41) is 2.48. The first kappa shape index (κ1) is 16.6. The lowest BCUT2D eigenvalue weighted by Crippen LogP contribution is -2.38. The first-order chi connectivity index (χ1) is 10.2. The van der Waals surface area contributed by atoms with E-state index >= 15 is 0 Å². The number of carbonyl (C=O) groups is 1. The lowest BCUT2D eigenvalue weighted by Gasteiger charge is -2.12. The molecule has 1 fully saturated rings. The molecule has 1 atom stereocenters. The number of carbonyl (C=O) groups excluding carboxylic acids is 1. The van der Waals surface area contributed by atoms with Crippen molar-refractivity contribution in [1.29, 1.82) is 0 Å². The summed E-state index contributed by atoms with van der Waals surface area (Å²) in [7, 11) is -3.11. The van der Waals surface area contributed by atoms with Crippen LogP contribution in [0, 0.1) is 0 Å². The van der Waals surface area contributed by atoms with E-state index < -0.39 is 40.1 Å². The minimum Gasteiger partial charge on any atom is -0.484 e. The van der Waals surface area contributed by atoms with Crippen LogP contribution < -0.4 is 10.1 Å². The fraction of sp³-hybridized carbons (Fsp3) is 0.462. The molecule has 1 aromatic rings. The molecule has 22 heavy (non-hydrogen) atoms. The Morgan fingerprint density at radius 3 is 2.68 bits per heavy atom. The number of alkyl halides is 3. The van der Waals surface area contributed by atoms with E-state index in [9.17, 15) is 26.4 Å². The third-order valence-corrected chi connectivity index (χ3v) is 4.90. The summed E-state index contributed by atoms with van der Waals surface area (Å²) in [6, 6.07) is 3.72. The second-order valence-electron chi connectivity index (χ2n) is 4.98. The molecule has 1 N–H and O–H groups in total. The van der Waals surface area contributed by atoms with E-state index in [0.29, 0.717) is 6.42 Å². The van der Waals surface area contributed by atoms with Gasteiger partial charge in [0.2, 0.25) is 0 Å². The number of ether oxygens (including phenoxy) is 1. The van der Waals surface area contributed by atoms with Gasteiger partial charge in [-0.2, -0.15) is 13.2 Å². The zero-order chi connectivity index (χ0) is 16.4. The molecule has 1 saturated heterocycles. The Labute approximate surface area is 125 Å². The molecule has 1 heterocycles. The van der Waals surface area contributed by atoms with Crippen LogP contribution in [0.1, 0.15) is 12.0 Å². The molecule has 0 radical (unpaired) electrons. The minimum atomic E-state index is -4.49. The number of benzene rings is 1. The number of nitrogens with one attached hydrogen (secondary N) is 1. The van der Waals surface area contributed by atoms with Gasteiger partial charge in [-0.15, -0.1) is 0 Å². The van der Waals surface area contributed by atoms with Crippen molar-refractivity contribution in [2.75, 3.05) is 18.1 Å². The molecular weight excluding hydrogens is 323 g/mol. The predicted molar refractivity (Wildman–Crippen MR) is 72.1 cm³/mol. The van der Waals surface area contributed by atoms with Gasteiger partial charge >= 0.3 is 6.18 Å². The summed E-state index contributed by atoms with van der Waals surface area (Å²) < 4.78 is 65.0. The van der Waals surface area contributed by atoms with E-state index in [-0.39, 0.29) is 17.3 Å². The molecule has 122 valence electrons. The van der Waals surface area contributed by atoms with Gasteiger partial charge in [-0.05, 0) is 24.6 Å². The first-order valence-electron chi connectivity index (χ1n) is 6.45. The van der Waals surface area contributed by atoms with Crippen molar-refractivity contribution < 1.29 is 31.1 Å². The van der Waals surface area contributed by atoms with Crippen LogP contribution in [0.2, 0.25) is 0 Å². The molecule has 1 amide bonds. The molecule has 9 heteroatoms. The van der Waals surface area contributed by atoms with Crippen molar-refractivity contribution in [2.45, 2.75) is 18.6 Å². The fourth-order valence-corrected chi connectivity index (χ4v) is 3.76. The Balaban J connectivity index is 1.87. The van der Waals surface area contributed by atoms with E-state index in [0.717, 1.165) is 12.1 Å². The van der Waals surface area contributed by atoms with Crippen molar-refractivity contribution in [1.82, 2.24) is 5.32 Å². The highest BCUT2D eigenvalue weighted by molar-refractivity contribution is 7.91. The average molecular weight is 337 g/mol. The van der Waals surface area contributed by atoms with Gasteiger partial charge < -0.3 is 10.1 Å². The Morgan fingerprint density at radius 1 is 1.36 bits per heavy atom. The van der Waals surface area contributed by atoms with Crippen molar-refractivity contribution in [3.63, 3.8) is 0 Å². The predicted octanol–water partition coefficient (Wildman–Crippen LogP) is 1.39. The van der Waals surface area contributed by atoms with Crippen molar-refractivity contribution in [2.24, 2.45) is 0 Å². The van der Waals surface area contributed by atoms with Gasteiger partial charge in [0.15, 0.2) is 16.4 Å². The zero-order valence-corrected chi connectivity index (χ0v) is 12.2. The molecule has 0 bridgehead atoms. The number of hydrogen-bond donors (Lipinski definition) is 1. The zero-order valence-electron chi connectivity index (χ0n) is 11.4. The Kier molecular flexibility index (Phi) is 4.64. The minimum absolute atomic E-state index is 0.0203. The quantitative estimate of drug-likeness (QED) is 0.901. The van der Waals surface area contributed by atoms with Crippen LogP contribution in [0.3, 0.4) is 0 Å². The molecule has 2 rings (SSSR count). The highest BCUT2D eigenvalue weighted by atomic mass is 32.2. The van der Waals surface area contributed by atoms with Crippen LogP contribution in [0.4, 0.5) is 13.2 Å². The van der Waals surface area contributed by atoms with Gasteiger partial charge in [0, 0.05) is 6.04 Å². The smallest absolute Gasteiger partial charge is 0.416 e. The van der Waals surface area contributed by atoms with Crippen molar-refractivity contribution in [3.05, 3.63) is 29.8 Å². The molecule has 1 aromatic carbocycles. The van der Waals surface area contributed by atoms with Crippen LogP contribution >= 0.6 is 0 Å². The number of sulfone groups is 1. The van der Waals surface area contributed by atoms with Gasteiger partial charge in [-0.1, -0.05) is 6.07 Å². The summed E-state index contributed by atoms with van der Waals surface area (Å²) in [6.45, 7) is -0.474. The molecular formula is C13H14F3NO4S. The fourth-order valence-electron chi connectivity index (χ4n) is 2.09. The van der Waals surface area contributed by atoms with Gasteiger partial charge in [-0.25, -0.2) is 8.42 Å². The molecule has 5 nitrogen and oxygen atoms in total. The first-order valence-corrected chi connectivity index (χ1v) is 8.28. The second-order valence-corrected chi connectivity index (χ2v) is 7.21. The molecule has 0 aliphatic carbocycles. The van der Waals surface area contributed by atoms with E-state index in [4.69, 9.17) is 4.74 Å². The number of rotatable bonds is 4. The molecule has 1 aliphatic rings. The van der Waals surface area contributed by atoms with Gasteiger partial charge in [-0.3, -0.25) is 4.79 Å². The van der Waals surface area contributed by atoms with Crippen LogP contribution in [0.25, 0.3) is 0 Å². The molecule has 1 unspecified atom stereocenters. The van der Waals surface area contributed by atoms with E-state index in [2.05, 4.69) is 5.32 Å². The van der Waals surface area contributed by atoms with Crippen LogP contribution in [-0.4, -0.2) is 38.5 Å². The summed E-state index contributed by atoms with van der Waals surface area (Å²) in [5.41, 5.74) is -0.868. The number of hydrogen-bond acceptors (Lipinski definition) is 4. The Hall–Kier alpha value is -1.77. The SMILES string of the molecule is O=C(COc1cccc(C(F)(F)F)c1)NC1CCS(=O)(=O)C1. The molecule has 0 spiro atoms. The van der Waals surface area contributed by atoms with Crippen LogP contribution in [0.15, 0.2) is 24.3 Å². The van der Waals surface area contributed by atoms with E-state index in [1.165, 1.54) is 12.1 Å². The largest absolute Gasteiger partial charge is 0.484 e. The second kappa shape index (κ2) is 6.15. The van der Waals surface area contributed by atoms with Gasteiger partial charge in [0.25, 0.3) is 5.91 Å². The summed E-state index contributed by atoms with van der Waals surface area (Å²) >= 11 is 0. The summed E-state index contributed by atoms with van der Waals surface area (Å²) in [4.78, 5) is 11.6. The highest BCUT2D eigenvalue weighted by Gasteiger charge is 2.31. The lowest BCUT2D eigenvalue weighted by atomic mass is 10.2. The van der Waals surface area contributed by atoms with Crippen LogP contribution in [-0.2, 0) is 20.8 Å². The van der Waals surface area contributed by atoms with Crippen molar-refractivity contribution in [3.8, 4) is 5.75 Å². The Morgan fingerprint density at radius 2 is 2.09 bits per heavy atom. The molecule has 0 aromatic heterocycles. The monoisotopic (exact) mass is 337 g/mol. The third-order valence-electron chi connectivity index (χ3n) is 3.13. The lowest BCUT2D eigenvalue weighted by molar-refractivity contribution is -0.137. The maximum atomic E-state index is 12.5. The number of halogens is 3. The maximum absolute atomic E-state index is 12.5. The van der Waals surface area contributed by atoms with E-state index in [1.54, 1.807) is 0 Å². The highest BCUT2D eigenvalue weighted by Crippen LogP contribution is 2.31. The van der Waals surface area contributed by atoms with Crippen LogP contribution in [0.5, 0.6) is 5.75 Å². The summed E-state index contributed by atoms with van der Waals surface area (Å²) in [6.07, 6.45) is -4.16. The van der Waals surface area contributed by atoms with Gasteiger partial charge in [0.1, 0.15) is 5.75 Å². The number of amides is 1. The standard InChI is InChI=1S/C13H14F3NO4S/c14-13(15,16)9-2-1-3-11(6-9)21-7-12(18)17-10-4-5-22(19,20)8-10/h1-3,6,10H,4-5,7-8H2,(H,17,18). The average Bonchev–Trinajstić information content (AvgIpc) is 2.75. The van der Waals surface area contributed by atoms with Gasteiger partial charge in [0.05, 0.1) is 17.1 Å². The summed E-state index contributed by atoms with van der Waals surface area (Å²) in [5.74, 6) is -0.752. The topological polar surface area (TPSA) is 72.5 Å². The van der Waals surface area contributed by atoms with Crippen molar-refractivity contribution >= 4 is 15.7 Å². The molecule has 0 saturated carbocycles. The Bertz CT molecular complexity index is 657. The normalized spacial score (nSPS) is 20.6. The maximum Gasteiger partial charge on any atom is 0.416 e.